The smallest absolute Gasteiger partial charge is 0.336 e. The van der Waals surface area contributed by atoms with Crippen LogP contribution < -0.4 is 9.47 Å². The predicted octanol–water partition coefficient (Wildman–Crippen LogP) is 4.77. The lowest BCUT2D eigenvalue weighted by molar-refractivity contribution is 0.0699. The van der Waals surface area contributed by atoms with Gasteiger partial charge in [-0.25, -0.2) is 9.78 Å². The Morgan fingerprint density at radius 2 is 1.80 bits per heavy atom. The number of pyridine rings is 1. The Hall–Kier alpha value is -2.60. The van der Waals surface area contributed by atoms with E-state index in [4.69, 9.17) is 9.47 Å². The minimum atomic E-state index is -0.992. The maximum atomic E-state index is 11.8. The highest BCUT2D eigenvalue weighted by Crippen LogP contribution is 2.36. The molecule has 0 atom stereocenters. The van der Waals surface area contributed by atoms with E-state index in [0.29, 0.717) is 41.3 Å². The predicted molar refractivity (Wildman–Crippen MR) is 99.1 cm³/mol. The van der Waals surface area contributed by atoms with Crippen LogP contribution in [-0.2, 0) is 0 Å². The van der Waals surface area contributed by atoms with Crippen LogP contribution in [0.3, 0.4) is 0 Å². The van der Waals surface area contributed by atoms with Crippen molar-refractivity contribution >= 4 is 28.2 Å². The van der Waals surface area contributed by atoms with Crippen LogP contribution in [0.5, 0.6) is 11.5 Å². The van der Waals surface area contributed by atoms with E-state index in [1.54, 1.807) is 29.5 Å². The first kappa shape index (κ1) is 17.2. The summed E-state index contributed by atoms with van der Waals surface area (Å²) in [6.45, 7) is 6.73. The number of nitrogens with zero attached hydrogens (tertiary/aromatic N) is 1. The average Bonchev–Trinajstić information content (AvgIpc) is 3.01. The number of hydrogen-bond acceptors (Lipinski definition) is 5. The van der Waals surface area contributed by atoms with Crippen LogP contribution in [-0.4, -0.2) is 29.3 Å². The molecule has 0 spiro atoms. The van der Waals surface area contributed by atoms with Gasteiger partial charge in [-0.05, 0) is 45.0 Å². The zero-order valence-corrected chi connectivity index (χ0v) is 15.1. The topological polar surface area (TPSA) is 68.7 Å². The molecular weight excluding hydrogens is 338 g/mol. The fourth-order valence-electron chi connectivity index (χ4n) is 2.65. The number of thiophene rings is 1. The molecular formula is C19H19NO4S. The van der Waals surface area contributed by atoms with Crippen molar-refractivity contribution in [2.24, 2.45) is 0 Å². The molecule has 0 aliphatic heterocycles. The van der Waals surface area contributed by atoms with Crippen LogP contribution in [0, 0.1) is 6.92 Å². The molecule has 0 aliphatic rings. The third-order valence-corrected chi connectivity index (χ3v) is 4.72. The molecule has 0 fully saturated rings. The molecule has 3 rings (SSSR count). The monoisotopic (exact) mass is 357 g/mol. The van der Waals surface area contributed by atoms with E-state index in [1.807, 2.05) is 32.9 Å². The van der Waals surface area contributed by atoms with Gasteiger partial charge in [-0.1, -0.05) is 0 Å². The quantitative estimate of drug-likeness (QED) is 0.688. The number of aromatic carboxylic acids is 1. The molecule has 0 bridgehead atoms. The standard InChI is InChI=1S/C19H19NO4S/c1-4-23-16-9-12-13(19(21)22)8-15(18-7-6-11(3)25-18)20-14(12)10-17(16)24-5-2/h6-10H,4-5H2,1-3H3,(H,21,22). The third kappa shape index (κ3) is 3.44. The molecule has 0 aliphatic carbocycles. The number of fused-ring (bicyclic) bond motifs is 1. The summed E-state index contributed by atoms with van der Waals surface area (Å²) >= 11 is 1.58. The number of aryl methyl sites for hydroxylation is 1. The van der Waals surface area contributed by atoms with Crippen molar-refractivity contribution in [2.45, 2.75) is 20.8 Å². The lowest BCUT2D eigenvalue weighted by Crippen LogP contribution is -2.03. The lowest BCUT2D eigenvalue weighted by atomic mass is 10.1. The van der Waals surface area contributed by atoms with Crippen LogP contribution in [0.2, 0.25) is 0 Å². The van der Waals surface area contributed by atoms with Gasteiger partial charge in [-0.15, -0.1) is 11.3 Å². The SMILES string of the molecule is CCOc1cc2nc(-c3ccc(C)s3)cc(C(=O)O)c2cc1OCC. The van der Waals surface area contributed by atoms with Gasteiger partial charge in [0.05, 0.1) is 34.9 Å². The second kappa shape index (κ2) is 7.11. The van der Waals surface area contributed by atoms with E-state index in [1.165, 1.54) is 0 Å². The zero-order chi connectivity index (χ0) is 18.0. The minimum absolute atomic E-state index is 0.204. The molecule has 0 unspecified atom stereocenters. The molecule has 3 aromatic rings. The van der Waals surface area contributed by atoms with E-state index in [-0.39, 0.29) is 5.56 Å². The molecule has 0 saturated heterocycles. The fourth-order valence-corrected chi connectivity index (χ4v) is 3.47. The van der Waals surface area contributed by atoms with E-state index < -0.39 is 5.97 Å². The summed E-state index contributed by atoms with van der Waals surface area (Å²) in [4.78, 5) is 18.5. The number of carboxylic acid groups (broad SMARTS) is 1. The zero-order valence-electron chi connectivity index (χ0n) is 14.3. The molecule has 0 amide bonds. The summed E-state index contributed by atoms with van der Waals surface area (Å²) in [5.41, 5.74) is 1.43. The average molecular weight is 357 g/mol. The molecule has 2 heterocycles. The van der Waals surface area contributed by atoms with Gasteiger partial charge >= 0.3 is 5.97 Å². The van der Waals surface area contributed by atoms with E-state index in [9.17, 15) is 9.90 Å². The van der Waals surface area contributed by atoms with Gasteiger partial charge in [-0.2, -0.15) is 0 Å². The van der Waals surface area contributed by atoms with Crippen molar-refractivity contribution < 1.29 is 19.4 Å². The van der Waals surface area contributed by atoms with Crippen molar-refractivity contribution in [1.82, 2.24) is 4.98 Å². The van der Waals surface area contributed by atoms with E-state index in [2.05, 4.69) is 4.98 Å². The van der Waals surface area contributed by atoms with Crippen molar-refractivity contribution in [3.8, 4) is 22.1 Å². The van der Waals surface area contributed by atoms with Crippen molar-refractivity contribution in [2.75, 3.05) is 13.2 Å². The van der Waals surface area contributed by atoms with Gasteiger partial charge in [0, 0.05) is 16.3 Å². The maximum absolute atomic E-state index is 11.8. The summed E-state index contributed by atoms with van der Waals surface area (Å²) < 4.78 is 11.2. The number of ether oxygens (including phenoxy) is 2. The molecule has 6 heteroatoms. The first-order chi connectivity index (χ1) is 12.0. The fraction of sp³-hybridized carbons (Fsp3) is 0.263. The molecule has 0 saturated carbocycles. The molecule has 1 aromatic carbocycles. The van der Waals surface area contributed by atoms with Gasteiger partial charge in [0.1, 0.15) is 0 Å². The van der Waals surface area contributed by atoms with E-state index in [0.717, 1.165) is 9.75 Å². The molecule has 130 valence electrons. The summed E-state index contributed by atoms with van der Waals surface area (Å²) in [6.07, 6.45) is 0. The number of hydrogen-bond donors (Lipinski definition) is 1. The first-order valence-corrected chi connectivity index (χ1v) is 8.89. The normalized spacial score (nSPS) is 10.8. The number of benzene rings is 1. The summed E-state index contributed by atoms with van der Waals surface area (Å²) in [7, 11) is 0. The molecule has 5 nitrogen and oxygen atoms in total. The van der Waals surface area contributed by atoms with Crippen LogP contribution in [0.4, 0.5) is 0 Å². The number of carbonyl (C=O) groups is 1. The number of aromatic nitrogens is 1. The van der Waals surface area contributed by atoms with Crippen molar-refractivity contribution in [3.63, 3.8) is 0 Å². The molecule has 1 N–H and O–H groups in total. The van der Waals surface area contributed by atoms with Gasteiger partial charge in [0.2, 0.25) is 0 Å². The largest absolute Gasteiger partial charge is 0.490 e. The van der Waals surface area contributed by atoms with Crippen LogP contribution in [0.1, 0.15) is 29.1 Å². The maximum Gasteiger partial charge on any atom is 0.336 e. The van der Waals surface area contributed by atoms with Gasteiger partial charge < -0.3 is 14.6 Å². The van der Waals surface area contributed by atoms with Gasteiger partial charge in [0.15, 0.2) is 11.5 Å². The number of rotatable bonds is 6. The third-order valence-electron chi connectivity index (χ3n) is 3.70. The Kier molecular flexibility index (Phi) is 4.90. The lowest BCUT2D eigenvalue weighted by Gasteiger charge is -2.13. The second-order valence-corrected chi connectivity index (χ2v) is 6.74. The highest BCUT2D eigenvalue weighted by molar-refractivity contribution is 7.15. The highest BCUT2D eigenvalue weighted by Gasteiger charge is 2.17. The van der Waals surface area contributed by atoms with E-state index >= 15 is 0 Å². The number of carboxylic acids is 1. The summed E-state index contributed by atoms with van der Waals surface area (Å²) in [6, 6.07) is 9.02. The first-order valence-electron chi connectivity index (χ1n) is 8.08. The Morgan fingerprint density at radius 1 is 1.12 bits per heavy atom. The van der Waals surface area contributed by atoms with Crippen LogP contribution >= 0.6 is 11.3 Å². The molecule has 25 heavy (non-hydrogen) atoms. The Labute approximate surface area is 149 Å². The summed E-state index contributed by atoms with van der Waals surface area (Å²) in [5.74, 6) is 0.106. The Balaban J connectivity index is 2.26. The molecule has 2 aromatic heterocycles. The Morgan fingerprint density at radius 3 is 2.36 bits per heavy atom. The second-order valence-electron chi connectivity index (χ2n) is 5.45. The minimum Gasteiger partial charge on any atom is -0.490 e. The van der Waals surface area contributed by atoms with Crippen molar-refractivity contribution in [1.29, 1.82) is 0 Å². The van der Waals surface area contributed by atoms with Crippen LogP contribution in [0.25, 0.3) is 21.5 Å². The highest BCUT2D eigenvalue weighted by atomic mass is 32.1. The Bertz CT molecular complexity index is 933. The van der Waals surface area contributed by atoms with Gasteiger partial charge in [0.25, 0.3) is 0 Å². The van der Waals surface area contributed by atoms with Crippen molar-refractivity contribution in [3.05, 3.63) is 40.8 Å². The van der Waals surface area contributed by atoms with Gasteiger partial charge in [-0.3, -0.25) is 0 Å². The summed E-state index contributed by atoms with van der Waals surface area (Å²) in [5, 5.41) is 10.2. The van der Waals surface area contributed by atoms with Crippen LogP contribution in [0.15, 0.2) is 30.3 Å². The molecule has 0 radical (unpaired) electrons.